The molecule has 0 bridgehead atoms. The van der Waals surface area contributed by atoms with Crippen LogP contribution in [0, 0.1) is 18.6 Å². The van der Waals surface area contributed by atoms with Gasteiger partial charge in [-0.1, -0.05) is 13.0 Å². The summed E-state index contributed by atoms with van der Waals surface area (Å²) in [5, 5.41) is 3.16. The third kappa shape index (κ3) is 3.36. The predicted octanol–water partition coefficient (Wildman–Crippen LogP) is 3.55. The van der Waals surface area contributed by atoms with Crippen molar-refractivity contribution >= 4 is 0 Å². The fourth-order valence-electron chi connectivity index (χ4n) is 1.82. The van der Waals surface area contributed by atoms with E-state index in [4.69, 9.17) is 9.15 Å². The van der Waals surface area contributed by atoms with Crippen LogP contribution in [0.15, 0.2) is 28.7 Å². The van der Waals surface area contributed by atoms with Gasteiger partial charge in [0.15, 0.2) is 11.6 Å². The maximum atomic E-state index is 13.4. The van der Waals surface area contributed by atoms with Crippen LogP contribution >= 0.6 is 0 Å². The zero-order valence-corrected chi connectivity index (χ0v) is 11.5. The molecule has 0 saturated heterocycles. The predicted molar refractivity (Wildman–Crippen MR) is 71.5 cm³/mol. The second-order valence-corrected chi connectivity index (χ2v) is 4.44. The molecule has 108 valence electrons. The maximum absolute atomic E-state index is 13.4. The van der Waals surface area contributed by atoms with Gasteiger partial charge in [-0.25, -0.2) is 4.39 Å². The van der Waals surface area contributed by atoms with Gasteiger partial charge in [-0.2, -0.15) is 4.39 Å². The van der Waals surface area contributed by atoms with Gasteiger partial charge in [0, 0.05) is 0 Å². The van der Waals surface area contributed by atoms with Crippen molar-refractivity contribution in [3.05, 3.63) is 53.0 Å². The number of halogens is 2. The fraction of sp³-hybridized carbons (Fsp3) is 0.333. The summed E-state index contributed by atoms with van der Waals surface area (Å²) in [4.78, 5) is 0. The Balaban J connectivity index is 2.02. The van der Waals surface area contributed by atoms with Gasteiger partial charge in [0.2, 0.25) is 5.82 Å². The topological polar surface area (TPSA) is 34.4 Å². The monoisotopic (exact) mass is 281 g/mol. The van der Waals surface area contributed by atoms with Crippen LogP contribution in [0.4, 0.5) is 8.78 Å². The van der Waals surface area contributed by atoms with Crippen LogP contribution in [-0.4, -0.2) is 6.54 Å². The van der Waals surface area contributed by atoms with E-state index in [-0.39, 0.29) is 12.4 Å². The van der Waals surface area contributed by atoms with Gasteiger partial charge in [0.25, 0.3) is 0 Å². The number of hydrogen-bond acceptors (Lipinski definition) is 3. The number of furan rings is 1. The Kier molecular flexibility index (Phi) is 4.74. The molecule has 20 heavy (non-hydrogen) atoms. The van der Waals surface area contributed by atoms with Gasteiger partial charge in [-0.05, 0) is 37.2 Å². The lowest BCUT2D eigenvalue weighted by Crippen LogP contribution is -2.11. The minimum Gasteiger partial charge on any atom is -0.482 e. The van der Waals surface area contributed by atoms with Crippen molar-refractivity contribution < 1.29 is 17.9 Å². The highest BCUT2D eigenvalue weighted by Crippen LogP contribution is 2.21. The van der Waals surface area contributed by atoms with Crippen molar-refractivity contribution in [1.82, 2.24) is 5.32 Å². The molecule has 0 fully saturated rings. The van der Waals surface area contributed by atoms with Crippen molar-refractivity contribution in [2.75, 3.05) is 6.54 Å². The minimum absolute atomic E-state index is 0.0628. The average Bonchev–Trinajstić information content (AvgIpc) is 2.78. The van der Waals surface area contributed by atoms with E-state index in [1.807, 2.05) is 19.9 Å². The first kappa shape index (κ1) is 14.5. The highest BCUT2D eigenvalue weighted by molar-refractivity contribution is 5.26. The molecule has 5 heteroatoms. The number of rotatable bonds is 6. The molecular formula is C15H17F2NO2. The Hall–Kier alpha value is -1.88. The molecule has 0 spiro atoms. The summed E-state index contributed by atoms with van der Waals surface area (Å²) in [6, 6.07) is 5.67. The van der Waals surface area contributed by atoms with E-state index >= 15 is 0 Å². The number of nitrogens with one attached hydrogen (secondary N) is 1. The van der Waals surface area contributed by atoms with E-state index in [2.05, 4.69) is 5.32 Å². The first-order valence-corrected chi connectivity index (χ1v) is 6.47. The smallest absolute Gasteiger partial charge is 0.200 e. The molecule has 1 aromatic carbocycles. The molecule has 0 amide bonds. The quantitative estimate of drug-likeness (QED) is 0.879. The van der Waals surface area contributed by atoms with Crippen molar-refractivity contribution in [2.45, 2.75) is 27.0 Å². The lowest BCUT2D eigenvalue weighted by molar-refractivity contribution is 0.250. The van der Waals surface area contributed by atoms with Crippen molar-refractivity contribution in [3.63, 3.8) is 0 Å². The molecule has 3 nitrogen and oxygen atoms in total. The molecule has 1 heterocycles. The van der Waals surface area contributed by atoms with Crippen molar-refractivity contribution in [1.29, 1.82) is 0 Å². The van der Waals surface area contributed by atoms with E-state index in [1.165, 1.54) is 12.1 Å². The Labute approximate surface area is 116 Å². The van der Waals surface area contributed by atoms with Crippen LogP contribution in [0.1, 0.15) is 24.0 Å². The number of benzene rings is 1. The molecule has 0 unspecified atom stereocenters. The van der Waals surface area contributed by atoms with Crippen LogP contribution in [0.2, 0.25) is 0 Å². The Morgan fingerprint density at radius 1 is 1.30 bits per heavy atom. The van der Waals surface area contributed by atoms with E-state index in [1.54, 1.807) is 0 Å². The molecule has 0 aliphatic rings. The molecule has 0 saturated carbocycles. The normalized spacial score (nSPS) is 10.8. The van der Waals surface area contributed by atoms with E-state index in [9.17, 15) is 8.78 Å². The summed E-state index contributed by atoms with van der Waals surface area (Å²) < 4.78 is 37.3. The molecule has 1 N–H and O–H groups in total. The first-order valence-electron chi connectivity index (χ1n) is 6.47. The minimum atomic E-state index is -0.983. The van der Waals surface area contributed by atoms with Crippen LogP contribution < -0.4 is 10.1 Å². The number of aryl methyl sites for hydroxylation is 1. The second-order valence-electron chi connectivity index (χ2n) is 4.44. The average molecular weight is 281 g/mol. The molecule has 0 atom stereocenters. The molecule has 0 aliphatic carbocycles. The summed E-state index contributed by atoms with van der Waals surface area (Å²) in [7, 11) is 0. The molecule has 2 rings (SSSR count). The summed E-state index contributed by atoms with van der Waals surface area (Å²) in [6.07, 6.45) is 0. The summed E-state index contributed by atoms with van der Waals surface area (Å²) in [5.74, 6) is -0.619. The largest absolute Gasteiger partial charge is 0.482 e. The van der Waals surface area contributed by atoms with E-state index < -0.39 is 11.6 Å². The second kappa shape index (κ2) is 6.52. The lowest BCUT2D eigenvalue weighted by atomic mass is 10.2. The summed E-state index contributed by atoms with van der Waals surface area (Å²) in [5.41, 5.74) is 1.00. The van der Waals surface area contributed by atoms with Gasteiger partial charge in [-0.3, -0.25) is 0 Å². The highest BCUT2D eigenvalue weighted by atomic mass is 19.2. The summed E-state index contributed by atoms with van der Waals surface area (Å²) >= 11 is 0. The van der Waals surface area contributed by atoms with Gasteiger partial charge < -0.3 is 14.5 Å². The van der Waals surface area contributed by atoms with E-state index in [0.717, 1.165) is 23.9 Å². The van der Waals surface area contributed by atoms with Crippen molar-refractivity contribution in [3.8, 4) is 5.75 Å². The van der Waals surface area contributed by atoms with Gasteiger partial charge in [0.1, 0.15) is 18.1 Å². The van der Waals surface area contributed by atoms with Crippen LogP contribution in [0.25, 0.3) is 0 Å². The van der Waals surface area contributed by atoms with Crippen LogP contribution in [0.5, 0.6) is 5.75 Å². The summed E-state index contributed by atoms with van der Waals surface area (Å²) in [6.45, 7) is 5.49. The maximum Gasteiger partial charge on any atom is 0.200 e. The zero-order chi connectivity index (χ0) is 14.5. The van der Waals surface area contributed by atoms with Gasteiger partial charge in [0.05, 0.1) is 6.54 Å². The third-order valence-corrected chi connectivity index (χ3v) is 2.89. The Bertz CT molecular complexity index is 581. The Morgan fingerprint density at radius 3 is 2.85 bits per heavy atom. The van der Waals surface area contributed by atoms with Crippen LogP contribution in [0.3, 0.4) is 0 Å². The standard InChI is InChI=1S/C15H17F2NO2/c1-3-18-8-14-10(2)7-11(20-14)9-19-13-6-4-5-12(16)15(13)17/h4-7,18H,3,8-9H2,1-2H3. The van der Waals surface area contributed by atoms with Crippen LogP contribution in [-0.2, 0) is 13.2 Å². The molecule has 0 radical (unpaired) electrons. The van der Waals surface area contributed by atoms with Gasteiger partial charge >= 0.3 is 0 Å². The van der Waals surface area contributed by atoms with E-state index in [0.29, 0.717) is 12.3 Å². The lowest BCUT2D eigenvalue weighted by Gasteiger charge is -2.05. The van der Waals surface area contributed by atoms with Crippen molar-refractivity contribution in [2.24, 2.45) is 0 Å². The zero-order valence-electron chi connectivity index (χ0n) is 11.5. The number of hydrogen-bond donors (Lipinski definition) is 1. The first-order chi connectivity index (χ1) is 9.61. The molecule has 1 aromatic heterocycles. The number of ether oxygens (including phenoxy) is 1. The third-order valence-electron chi connectivity index (χ3n) is 2.89. The highest BCUT2D eigenvalue weighted by Gasteiger charge is 2.11. The fourth-order valence-corrected chi connectivity index (χ4v) is 1.82. The molecule has 2 aromatic rings. The van der Waals surface area contributed by atoms with Gasteiger partial charge in [-0.15, -0.1) is 0 Å². The molecule has 0 aliphatic heterocycles. The SMILES string of the molecule is CCNCc1oc(COc2cccc(F)c2F)cc1C. The molecular weight excluding hydrogens is 264 g/mol. The Morgan fingerprint density at radius 2 is 2.10 bits per heavy atom.